The smallest absolute Gasteiger partial charge is 0.0643 e. The van der Waals surface area contributed by atoms with Gasteiger partial charge in [0.25, 0.3) is 0 Å². The fourth-order valence-electron chi connectivity index (χ4n) is 2.42. The third kappa shape index (κ3) is 2.59. The minimum absolute atomic E-state index is 0.289. The molecule has 1 fully saturated rings. The molecule has 2 unspecified atom stereocenters. The fourth-order valence-corrected chi connectivity index (χ4v) is 2.42. The molecule has 1 aliphatic heterocycles. The summed E-state index contributed by atoms with van der Waals surface area (Å²) in [4.78, 5) is 2.37. The number of piperazine rings is 1. The number of nitrogens with zero attached hydrogens (tertiary/aromatic N) is 2. The van der Waals surface area contributed by atoms with Gasteiger partial charge in [0, 0.05) is 24.8 Å². The van der Waals surface area contributed by atoms with E-state index in [1.54, 1.807) is 0 Å². The molecule has 2 rings (SSSR count). The molecule has 0 radical (unpaired) electrons. The Hall–Kier alpha value is -1.53. The molecule has 3 heteroatoms. The summed E-state index contributed by atoms with van der Waals surface area (Å²) in [5.41, 5.74) is 2.55. The minimum atomic E-state index is 0.289. The Morgan fingerprint density at radius 3 is 2.94 bits per heavy atom. The summed E-state index contributed by atoms with van der Waals surface area (Å²) in [6.45, 7) is 6.18. The highest BCUT2D eigenvalue weighted by Gasteiger charge is 2.26. The number of para-hydroxylation sites is 1. The predicted molar refractivity (Wildman–Crippen MR) is 70.0 cm³/mol. The molecule has 2 atom stereocenters. The molecule has 3 nitrogen and oxygen atoms in total. The summed E-state index contributed by atoms with van der Waals surface area (Å²) in [5, 5.41) is 12.4. The van der Waals surface area contributed by atoms with Crippen molar-refractivity contribution in [2.24, 2.45) is 0 Å². The lowest BCUT2D eigenvalue weighted by molar-refractivity contribution is 0.411. The van der Waals surface area contributed by atoms with Crippen molar-refractivity contribution in [3.8, 4) is 6.07 Å². The molecule has 1 aromatic rings. The molecule has 1 heterocycles. The maximum Gasteiger partial charge on any atom is 0.0643 e. The lowest BCUT2D eigenvalue weighted by atomic mass is 10.0. The van der Waals surface area contributed by atoms with Gasteiger partial charge in [-0.2, -0.15) is 5.26 Å². The van der Waals surface area contributed by atoms with Gasteiger partial charge in [0.15, 0.2) is 0 Å². The standard InChI is InChI=1S/C14H19N3/c1-11-5-3-4-6-14(11)17-10-12(2)16-9-13(17)7-8-15/h3-6,12-13,16H,7,9-10H2,1-2H3. The fraction of sp³-hybridized carbons (Fsp3) is 0.500. The van der Waals surface area contributed by atoms with E-state index in [-0.39, 0.29) is 6.04 Å². The summed E-state index contributed by atoms with van der Waals surface area (Å²) in [6.07, 6.45) is 0.577. The second-order valence-corrected chi connectivity index (χ2v) is 4.76. The molecule has 0 bridgehead atoms. The molecule has 0 spiro atoms. The molecular weight excluding hydrogens is 210 g/mol. The summed E-state index contributed by atoms with van der Waals surface area (Å²) in [7, 11) is 0. The van der Waals surface area contributed by atoms with Gasteiger partial charge in [-0.05, 0) is 25.5 Å². The van der Waals surface area contributed by atoms with Crippen LogP contribution in [0.5, 0.6) is 0 Å². The number of aryl methyl sites for hydroxylation is 1. The average molecular weight is 229 g/mol. The van der Waals surface area contributed by atoms with Crippen molar-refractivity contribution in [1.82, 2.24) is 5.32 Å². The Labute approximate surface area is 103 Å². The molecule has 0 aromatic heterocycles. The van der Waals surface area contributed by atoms with Crippen molar-refractivity contribution >= 4 is 5.69 Å². The number of nitriles is 1. The van der Waals surface area contributed by atoms with E-state index in [4.69, 9.17) is 5.26 Å². The van der Waals surface area contributed by atoms with Crippen LogP contribution in [0, 0.1) is 18.3 Å². The van der Waals surface area contributed by atoms with Gasteiger partial charge < -0.3 is 10.2 Å². The Balaban J connectivity index is 2.26. The van der Waals surface area contributed by atoms with Crippen LogP contribution in [0.15, 0.2) is 24.3 Å². The van der Waals surface area contributed by atoms with Gasteiger partial charge in [0.05, 0.1) is 18.5 Å². The Morgan fingerprint density at radius 1 is 1.47 bits per heavy atom. The van der Waals surface area contributed by atoms with E-state index in [2.05, 4.69) is 54.4 Å². The first-order valence-corrected chi connectivity index (χ1v) is 6.15. The van der Waals surface area contributed by atoms with Crippen molar-refractivity contribution in [3.05, 3.63) is 29.8 Å². The topological polar surface area (TPSA) is 39.1 Å². The molecule has 1 aromatic carbocycles. The lowest BCUT2D eigenvalue weighted by Gasteiger charge is -2.40. The van der Waals surface area contributed by atoms with Gasteiger partial charge in [-0.3, -0.25) is 0 Å². The van der Waals surface area contributed by atoms with Crippen LogP contribution in [0.1, 0.15) is 18.9 Å². The van der Waals surface area contributed by atoms with Gasteiger partial charge in [-0.25, -0.2) is 0 Å². The number of rotatable bonds is 2. The second-order valence-electron chi connectivity index (χ2n) is 4.76. The van der Waals surface area contributed by atoms with Crippen LogP contribution in [0.25, 0.3) is 0 Å². The Morgan fingerprint density at radius 2 is 2.24 bits per heavy atom. The number of anilines is 1. The highest BCUT2D eigenvalue weighted by atomic mass is 15.2. The minimum Gasteiger partial charge on any atom is -0.364 e. The van der Waals surface area contributed by atoms with Crippen molar-refractivity contribution in [3.63, 3.8) is 0 Å². The van der Waals surface area contributed by atoms with Crippen molar-refractivity contribution < 1.29 is 0 Å². The normalized spacial score (nSPS) is 24.4. The molecule has 0 amide bonds. The molecule has 1 aliphatic rings. The van der Waals surface area contributed by atoms with E-state index in [0.717, 1.165) is 13.1 Å². The lowest BCUT2D eigenvalue weighted by Crippen LogP contribution is -2.55. The molecule has 90 valence electrons. The van der Waals surface area contributed by atoms with Gasteiger partial charge in [-0.1, -0.05) is 18.2 Å². The van der Waals surface area contributed by atoms with Crippen LogP contribution in [-0.2, 0) is 0 Å². The van der Waals surface area contributed by atoms with E-state index in [0.29, 0.717) is 12.5 Å². The molecule has 0 aliphatic carbocycles. The van der Waals surface area contributed by atoms with Crippen molar-refractivity contribution in [2.45, 2.75) is 32.4 Å². The molecule has 1 N–H and O–H groups in total. The van der Waals surface area contributed by atoms with E-state index in [1.807, 2.05) is 0 Å². The van der Waals surface area contributed by atoms with Crippen molar-refractivity contribution in [2.75, 3.05) is 18.0 Å². The van der Waals surface area contributed by atoms with E-state index >= 15 is 0 Å². The monoisotopic (exact) mass is 229 g/mol. The van der Waals surface area contributed by atoms with Crippen molar-refractivity contribution in [1.29, 1.82) is 5.26 Å². The summed E-state index contributed by atoms with van der Waals surface area (Å²) in [6, 6.07) is 11.5. The van der Waals surface area contributed by atoms with Gasteiger partial charge in [-0.15, -0.1) is 0 Å². The summed E-state index contributed by atoms with van der Waals surface area (Å²) < 4.78 is 0. The zero-order chi connectivity index (χ0) is 12.3. The molecular formula is C14H19N3. The van der Waals surface area contributed by atoms with Crippen LogP contribution in [0.2, 0.25) is 0 Å². The maximum atomic E-state index is 8.91. The van der Waals surface area contributed by atoms with Crippen LogP contribution in [0.4, 0.5) is 5.69 Å². The van der Waals surface area contributed by atoms with Crippen LogP contribution in [0.3, 0.4) is 0 Å². The predicted octanol–water partition coefficient (Wildman–Crippen LogP) is 2.08. The molecule has 0 saturated carbocycles. The maximum absolute atomic E-state index is 8.91. The number of hydrogen-bond acceptors (Lipinski definition) is 3. The van der Waals surface area contributed by atoms with E-state index < -0.39 is 0 Å². The quantitative estimate of drug-likeness (QED) is 0.844. The van der Waals surface area contributed by atoms with Gasteiger partial charge in [0.2, 0.25) is 0 Å². The third-order valence-electron chi connectivity index (χ3n) is 3.37. The van der Waals surface area contributed by atoms with Gasteiger partial charge in [0.1, 0.15) is 0 Å². The third-order valence-corrected chi connectivity index (χ3v) is 3.37. The SMILES string of the molecule is Cc1ccccc1N1CC(C)NCC1CC#N. The zero-order valence-electron chi connectivity index (χ0n) is 10.5. The number of hydrogen-bond donors (Lipinski definition) is 1. The highest BCUT2D eigenvalue weighted by Crippen LogP contribution is 2.24. The second kappa shape index (κ2) is 5.20. The van der Waals surface area contributed by atoms with Crippen LogP contribution >= 0.6 is 0 Å². The van der Waals surface area contributed by atoms with Crippen LogP contribution < -0.4 is 10.2 Å². The van der Waals surface area contributed by atoms with E-state index in [1.165, 1.54) is 11.3 Å². The first kappa shape index (κ1) is 11.9. The molecule has 17 heavy (non-hydrogen) atoms. The zero-order valence-corrected chi connectivity index (χ0v) is 10.5. The Kier molecular flexibility index (Phi) is 3.65. The van der Waals surface area contributed by atoms with Gasteiger partial charge >= 0.3 is 0 Å². The first-order chi connectivity index (χ1) is 8.22. The number of nitrogens with one attached hydrogen (secondary N) is 1. The first-order valence-electron chi connectivity index (χ1n) is 6.15. The summed E-state index contributed by atoms with van der Waals surface area (Å²) >= 11 is 0. The summed E-state index contributed by atoms with van der Waals surface area (Å²) in [5.74, 6) is 0. The number of benzene rings is 1. The highest BCUT2D eigenvalue weighted by molar-refractivity contribution is 5.54. The van der Waals surface area contributed by atoms with E-state index in [9.17, 15) is 0 Å². The largest absolute Gasteiger partial charge is 0.364 e. The Bertz CT molecular complexity index is 422. The van der Waals surface area contributed by atoms with Crippen LogP contribution in [-0.4, -0.2) is 25.2 Å². The average Bonchev–Trinajstić information content (AvgIpc) is 2.32. The molecule has 1 saturated heterocycles.